The lowest BCUT2D eigenvalue weighted by molar-refractivity contribution is 0.0816. The molecule has 2 unspecified atom stereocenters. The van der Waals surface area contributed by atoms with Crippen LogP contribution in [-0.2, 0) is 0 Å². The van der Waals surface area contributed by atoms with E-state index in [1.807, 2.05) is 0 Å². The van der Waals surface area contributed by atoms with Crippen LogP contribution in [0, 0.1) is 5.92 Å². The highest BCUT2D eigenvalue weighted by atomic mass is 35.5. The minimum Gasteiger partial charge on any atom is -0.293 e. The van der Waals surface area contributed by atoms with Crippen molar-refractivity contribution in [1.82, 2.24) is 4.90 Å². The fourth-order valence-electron chi connectivity index (χ4n) is 2.67. The van der Waals surface area contributed by atoms with Gasteiger partial charge in [0, 0.05) is 16.6 Å². The molecule has 1 aliphatic heterocycles. The minimum absolute atomic E-state index is 0.0499. The first-order valence-electron chi connectivity index (χ1n) is 6.69. The van der Waals surface area contributed by atoms with Crippen molar-refractivity contribution in [1.29, 1.82) is 0 Å². The number of carbonyl (C=O) groups is 1. The van der Waals surface area contributed by atoms with E-state index in [0.717, 1.165) is 25.3 Å². The average molecular weight is 300 g/mol. The molecule has 0 amide bonds. The van der Waals surface area contributed by atoms with E-state index < -0.39 is 0 Å². The number of likely N-dealkylation sites (tertiary alicyclic amines) is 1. The molecule has 2 atom stereocenters. The molecule has 0 saturated carbocycles. The van der Waals surface area contributed by atoms with Gasteiger partial charge in [-0.1, -0.05) is 30.1 Å². The van der Waals surface area contributed by atoms with Crippen LogP contribution in [0.1, 0.15) is 37.0 Å². The quantitative estimate of drug-likeness (QED) is 0.776. The Morgan fingerprint density at radius 1 is 1.37 bits per heavy atom. The highest BCUT2D eigenvalue weighted by molar-refractivity contribution is 6.36. The first-order valence-corrected chi connectivity index (χ1v) is 7.45. The Bertz CT molecular complexity index is 475. The molecule has 2 nitrogen and oxygen atoms in total. The van der Waals surface area contributed by atoms with Gasteiger partial charge < -0.3 is 0 Å². The number of halogens is 2. The topological polar surface area (TPSA) is 20.3 Å². The number of hydrogen-bond donors (Lipinski definition) is 0. The van der Waals surface area contributed by atoms with Crippen LogP contribution in [0.5, 0.6) is 0 Å². The summed E-state index contributed by atoms with van der Waals surface area (Å²) in [6.45, 7) is 5.85. The molecule has 0 aliphatic carbocycles. The van der Waals surface area contributed by atoms with Gasteiger partial charge in [0.05, 0.1) is 11.6 Å². The Kier molecular flexibility index (Phi) is 4.88. The Balaban J connectivity index is 2.06. The van der Waals surface area contributed by atoms with Gasteiger partial charge in [-0.15, -0.1) is 0 Å². The maximum Gasteiger partial charge on any atom is 0.178 e. The van der Waals surface area contributed by atoms with Gasteiger partial charge in [0.15, 0.2) is 5.78 Å². The van der Waals surface area contributed by atoms with Gasteiger partial charge in [-0.2, -0.15) is 0 Å². The molecular weight excluding hydrogens is 281 g/mol. The third kappa shape index (κ3) is 3.71. The van der Waals surface area contributed by atoms with Crippen LogP contribution in [0.2, 0.25) is 10.0 Å². The molecule has 0 N–H and O–H groups in total. The lowest BCUT2D eigenvalue weighted by atomic mass is 9.93. The number of hydrogen-bond acceptors (Lipinski definition) is 2. The van der Waals surface area contributed by atoms with E-state index in [2.05, 4.69) is 18.7 Å². The van der Waals surface area contributed by atoms with Crippen molar-refractivity contribution in [3.05, 3.63) is 33.8 Å². The summed E-state index contributed by atoms with van der Waals surface area (Å²) in [5, 5.41) is 1.03. The second kappa shape index (κ2) is 6.25. The van der Waals surface area contributed by atoms with Gasteiger partial charge in [0.2, 0.25) is 0 Å². The molecule has 1 fully saturated rings. The Morgan fingerprint density at radius 2 is 2.11 bits per heavy atom. The van der Waals surface area contributed by atoms with Crippen molar-refractivity contribution in [2.45, 2.75) is 32.7 Å². The summed E-state index contributed by atoms with van der Waals surface area (Å²) in [6, 6.07) is 5.49. The number of rotatable bonds is 3. The largest absolute Gasteiger partial charge is 0.293 e. The molecule has 4 heteroatoms. The summed E-state index contributed by atoms with van der Waals surface area (Å²) < 4.78 is 0. The molecule has 1 aromatic rings. The van der Waals surface area contributed by atoms with Crippen LogP contribution >= 0.6 is 23.2 Å². The molecule has 1 aromatic carbocycles. The van der Waals surface area contributed by atoms with Gasteiger partial charge in [0.1, 0.15) is 0 Å². The molecule has 2 rings (SSSR count). The van der Waals surface area contributed by atoms with Crippen molar-refractivity contribution < 1.29 is 4.79 Å². The standard InChI is InChI=1S/C15H19Cl2NO/c1-10-5-6-18(11(2)7-10)9-15(19)13-8-12(16)3-4-14(13)17/h3-4,8,10-11H,5-7,9H2,1-2H3. The fourth-order valence-corrected chi connectivity index (χ4v) is 3.07. The van der Waals surface area contributed by atoms with E-state index in [1.54, 1.807) is 18.2 Å². The van der Waals surface area contributed by atoms with Crippen LogP contribution in [0.15, 0.2) is 18.2 Å². The van der Waals surface area contributed by atoms with Gasteiger partial charge in [-0.05, 0) is 50.4 Å². The number of carbonyl (C=O) groups excluding carboxylic acids is 1. The lowest BCUT2D eigenvalue weighted by Crippen LogP contribution is -2.43. The van der Waals surface area contributed by atoms with Gasteiger partial charge in [-0.25, -0.2) is 0 Å². The Hall–Kier alpha value is -0.570. The summed E-state index contributed by atoms with van der Waals surface area (Å²) in [4.78, 5) is 14.6. The third-order valence-electron chi connectivity index (χ3n) is 3.85. The fraction of sp³-hybridized carbons (Fsp3) is 0.533. The number of nitrogens with zero attached hydrogens (tertiary/aromatic N) is 1. The van der Waals surface area contributed by atoms with Crippen molar-refractivity contribution in [2.75, 3.05) is 13.1 Å². The average Bonchev–Trinajstić information content (AvgIpc) is 2.35. The summed E-state index contributed by atoms with van der Waals surface area (Å²) in [5.41, 5.74) is 0.528. The van der Waals surface area contributed by atoms with Crippen LogP contribution < -0.4 is 0 Å². The number of piperidine rings is 1. The zero-order valence-corrected chi connectivity index (χ0v) is 12.8. The predicted molar refractivity (Wildman–Crippen MR) is 80.2 cm³/mol. The summed E-state index contributed by atoms with van der Waals surface area (Å²) >= 11 is 12.0. The SMILES string of the molecule is CC1CCN(CC(=O)c2cc(Cl)ccc2Cl)C(C)C1. The van der Waals surface area contributed by atoms with Crippen LogP contribution in [0.25, 0.3) is 0 Å². The molecule has 0 spiro atoms. The van der Waals surface area contributed by atoms with Gasteiger partial charge in [-0.3, -0.25) is 9.69 Å². The van der Waals surface area contributed by atoms with Crippen molar-refractivity contribution in [3.63, 3.8) is 0 Å². The Morgan fingerprint density at radius 3 is 2.79 bits per heavy atom. The summed E-state index contributed by atoms with van der Waals surface area (Å²) in [6.07, 6.45) is 2.30. The van der Waals surface area contributed by atoms with Crippen molar-refractivity contribution in [3.8, 4) is 0 Å². The maximum absolute atomic E-state index is 12.3. The predicted octanol–water partition coefficient (Wildman–Crippen LogP) is 4.30. The number of ketones is 1. The third-order valence-corrected chi connectivity index (χ3v) is 4.42. The zero-order chi connectivity index (χ0) is 14.0. The van der Waals surface area contributed by atoms with E-state index in [0.29, 0.717) is 28.2 Å². The molecule has 0 bridgehead atoms. The second-order valence-electron chi connectivity index (χ2n) is 5.50. The molecule has 104 valence electrons. The minimum atomic E-state index is 0.0499. The number of Topliss-reactive ketones (excluding diaryl/α,β-unsaturated/α-hetero) is 1. The smallest absolute Gasteiger partial charge is 0.178 e. The lowest BCUT2D eigenvalue weighted by Gasteiger charge is -2.36. The van der Waals surface area contributed by atoms with Crippen molar-refractivity contribution in [2.24, 2.45) is 5.92 Å². The van der Waals surface area contributed by atoms with Gasteiger partial charge in [0.25, 0.3) is 0 Å². The first-order chi connectivity index (χ1) is 8.97. The molecule has 19 heavy (non-hydrogen) atoms. The normalized spacial score (nSPS) is 24.4. The van der Waals surface area contributed by atoms with Crippen LogP contribution in [0.4, 0.5) is 0 Å². The second-order valence-corrected chi connectivity index (χ2v) is 6.34. The molecule has 1 saturated heterocycles. The molecule has 0 radical (unpaired) electrons. The van der Waals surface area contributed by atoms with Crippen LogP contribution in [0.3, 0.4) is 0 Å². The molecule has 0 aromatic heterocycles. The molecular formula is C15H19Cl2NO. The van der Waals surface area contributed by atoms with Gasteiger partial charge >= 0.3 is 0 Å². The summed E-state index contributed by atoms with van der Waals surface area (Å²) in [7, 11) is 0. The molecule has 1 heterocycles. The van der Waals surface area contributed by atoms with Crippen LogP contribution in [-0.4, -0.2) is 29.8 Å². The van der Waals surface area contributed by atoms with E-state index >= 15 is 0 Å². The van der Waals surface area contributed by atoms with Crippen molar-refractivity contribution >= 4 is 29.0 Å². The zero-order valence-electron chi connectivity index (χ0n) is 11.3. The number of benzene rings is 1. The maximum atomic E-state index is 12.3. The first kappa shape index (κ1) is 14.8. The van der Waals surface area contributed by atoms with E-state index in [-0.39, 0.29) is 5.78 Å². The Labute approximate surface area is 124 Å². The van der Waals surface area contributed by atoms with E-state index in [9.17, 15) is 4.79 Å². The molecule has 1 aliphatic rings. The highest BCUT2D eigenvalue weighted by Gasteiger charge is 2.25. The highest BCUT2D eigenvalue weighted by Crippen LogP contribution is 2.24. The monoisotopic (exact) mass is 299 g/mol. The summed E-state index contributed by atoms with van der Waals surface area (Å²) in [5.74, 6) is 0.796. The van der Waals surface area contributed by atoms with E-state index in [1.165, 1.54) is 0 Å². The van der Waals surface area contributed by atoms with E-state index in [4.69, 9.17) is 23.2 Å².